The fraction of sp³-hybridized carbons (Fsp3) is 0.435. The number of amides is 1. The Kier molecular flexibility index (Phi) is 4.23. The number of likely N-dealkylation sites (tertiary alicyclic amines) is 1. The van der Waals surface area contributed by atoms with Crippen LogP contribution in [0.25, 0.3) is 0 Å². The van der Waals surface area contributed by atoms with Crippen molar-refractivity contribution in [1.82, 2.24) is 4.90 Å². The lowest BCUT2D eigenvalue weighted by molar-refractivity contribution is -0.135. The Morgan fingerprint density at radius 1 is 1.31 bits per heavy atom. The molecule has 1 fully saturated rings. The van der Waals surface area contributed by atoms with Crippen molar-refractivity contribution < 1.29 is 31.9 Å². The number of anilines is 1. The topological polar surface area (TPSA) is 92.9 Å². The van der Waals surface area contributed by atoms with Crippen LogP contribution in [0.4, 0.5) is 10.1 Å². The number of carbonyl (C=O) groups is 1. The number of fused-ring (bicyclic) bond motifs is 2. The fourth-order valence-electron chi connectivity index (χ4n) is 4.28. The number of sulfonamides is 1. The number of nitrogens with two attached hydrogens (primary N) is 1. The summed E-state index contributed by atoms with van der Waals surface area (Å²) in [7, 11) is -3.61. The molecule has 172 valence electrons. The van der Waals surface area contributed by atoms with E-state index in [2.05, 4.69) is 0 Å². The molecule has 7 nitrogen and oxygen atoms in total. The predicted molar refractivity (Wildman–Crippen MR) is 120 cm³/mol. The Balaban J connectivity index is 1.45. The number of nitrogens with zero attached hydrogens (tertiary/aromatic N) is 2. The molecule has 0 aromatic heterocycles. The van der Waals surface area contributed by atoms with Gasteiger partial charge in [-0.05, 0) is 42.2 Å². The van der Waals surface area contributed by atoms with Crippen LogP contribution in [0.5, 0.6) is 0 Å². The first-order valence-electron chi connectivity index (χ1n) is 13.5. The summed E-state index contributed by atoms with van der Waals surface area (Å²) in [5, 5.41) is 0. The molecule has 0 radical (unpaired) electrons. The van der Waals surface area contributed by atoms with Crippen molar-refractivity contribution in [3.05, 3.63) is 65.4 Å². The Labute approximate surface area is 197 Å². The minimum absolute atomic E-state index is 0.125. The van der Waals surface area contributed by atoms with Crippen LogP contribution < -0.4 is 10.0 Å². The van der Waals surface area contributed by atoms with Crippen molar-refractivity contribution in [2.45, 2.75) is 30.9 Å². The zero-order valence-electron chi connectivity index (χ0n) is 24.4. The number of benzene rings is 2. The van der Waals surface area contributed by atoms with E-state index < -0.39 is 82.1 Å². The quantitative estimate of drug-likeness (QED) is 0.700. The third-order valence-electron chi connectivity index (χ3n) is 5.93. The van der Waals surface area contributed by atoms with Crippen molar-refractivity contribution in [3.63, 3.8) is 0 Å². The van der Waals surface area contributed by atoms with E-state index in [0.717, 1.165) is 6.26 Å². The van der Waals surface area contributed by atoms with E-state index in [4.69, 9.17) is 20.1 Å². The molecule has 2 aliphatic heterocycles. The van der Waals surface area contributed by atoms with Gasteiger partial charge in [-0.3, -0.25) is 9.10 Å². The maximum Gasteiger partial charge on any atom is 0.241 e. The third-order valence-corrected chi connectivity index (χ3v) is 7.06. The Hall–Kier alpha value is -2.49. The van der Waals surface area contributed by atoms with Gasteiger partial charge in [0.2, 0.25) is 15.9 Å². The molecule has 2 aromatic rings. The standard InChI is InChI=1S/C23H28FN3O4S/c1-32(29,30)27-16-23(19-13-18(24)7-8-21(19)27)9-11-26(12-10-23)22(28)20(25)15-31-14-17-5-3-2-4-6-17/h2-8,13,20H,9-12,14-16,25H2,1H3/t20-/m1/s1/i2D,3D,4D,5D,6D,14D2. The minimum atomic E-state index is -3.61. The Morgan fingerprint density at radius 2 is 2.00 bits per heavy atom. The van der Waals surface area contributed by atoms with Crippen molar-refractivity contribution in [2.24, 2.45) is 5.73 Å². The predicted octanol–water partition coefficient (Wildman–Crippen LogP) is 2.01. The van der Waals surface area contributed by atoms with Crippen LogP contribution in [-0.2, 0) is 31.5 Å². The van der Waals surface area contributed by atoms with Gasteiger partial charge in [-0.15, -0.1) is 0 Å². The van der Waals surface area contributed by atoms with Gasteiger partial charge in [0.25, 0.3) is 0 Å². The molecule has 2 heterocycles. The second-order valence-electron chi connectivity index (χ2n) is 8.06. The number of piperidine rings is 1. The molecule has 9 heteroatoms. The molecule has 1 amide bonds. The van der Waals surface area contributed by atoms with Crippen LogP contribution in [-0.4, -0.2) is 57.8 Å². The van der Waals surface area contributed by atoms with E-state index in [0.29, 0.717) is 24.1 Å². The molecule has 32 heavy (non-hydrogen) atoms. The van der Waals surface area contributed by atoms with Crippen LogP contribution in [0, 0.1) is 5.82 Å². The molecule has 0 saturated carbocycles. The van der Waals surface area contributed by atoms with Crippen molar-refractivity contribution in [1.29, 1.82) is 0 Å². The monoisotopic (exact) mass is 468 g/mol. The van der Waals surface area contributed by atoms with E-state index in [9.17, 15) is 17.6 Å². The van der Waals surface area contributed by atoms with Gasteiger partial charge in [0.05, 0.1) is 34.7 Å². The molecular formula is C23H28FN3O4S. The molecule has 2 aliphatic rings. The smallest absolute Gasteiger partial charge is 0.241 e. The molecule has 0 unspecified atom stereocenters. The van der Waals surface area contributed by atoms with Gasteiger partial charge in [-0.2, -0.15) is 0 Å². The van der Waals surface area contributed by atoms with Crippen molar-refractivity contribution in [2.75, 3.05) is 36.8 Å². The summed E-state index contributed by atoms with van der Waals surface area (Å²) in [5.41, 5.74) is 5.60. The molecule has 2 N–H and O–H groups in total. The lowest BCUT2D eigenvalue weighted by Gasteiger charge is -2.40. The molecule has 2 aromatic carbocycles. The summed E-state index contributed by atoms with van der Waals surface area (Å²) in [6.45, 7) is -2.96. The van der Waals surface area contributed by atoms with Gasteiger partial charge in [-0.1, -0.05) is 30.2 Å². The largest absolute Gasteiger partial charge is 0.375 e. The van der Waals surface area contributed by atoms with Crippen molar-refractivity contribution in [3.8, 4) is 0 Å². The molecule has 0 aliphatic carbocycles. The van der Waals surface area contributed by atoms with Crippen LogP contribution >= 0.6 is 0 Å². The molecule has 1 spiro atoms. The summed E-state index contributed by atoms with van der Waals surface area (Å²) >= 11 is 0. The van der Waals surface area contributed by atoms with Gasteiger partial charge >= 0.3 is 0 Å². The number of carbonyl (C=O) groups excluding carboxylic acids is 1. The van der Waals surface area contributed by atoms with Gasteiger partial charge in [0.15, 0.2) is 0 Å². The highest BCUT2D eigenvalue weighted by atomic mass is 32.2. The Morgan fingerprint density at radius 3 is 2.66 bits per heavy atom. The number of hydrogen-bond donors (Lipinski definition) is 1. The lowest BCUT2D eigenvalue weighted by Crippen LogP contribution is -2.52. The van der Waals surface area contributed by atoms with Gasteiger partial charge < -0.3 is 15.4 Å². The summed E-state index contributed by atoms with van der Waals surface area (Å²) < 4.78 is 101. The number of ether oxygens (including phenoxy) is 1. The maximum absolute atomic E-state index is 14.1. The van der Waals surface area contributed by atoms with E-state index in [-0.39, 0.29) is 19.6 Å². The fourth-order valence-corrected chi connectivity index (χ4v) is 5.28. The molecule has 1 saturated heterocycles. The van der Waals surface area contributed by atoms with Gasteiger partial charge in [0, 0.05) is 25.0 Å². The highest BCUT2D eigenvalue weighted by molar-refractivity contribution is 7.92. The first-order chi connectivity index (χ1) is 18.0. The van der Waals surface area contributed by atoms with E-state index in [1.54, 1.807) is 0 Å². The zero-order valence-corrected chi connectivity index (χ0v) is 18.3. The highest BCUT2D eigenvalue weighted by Crippen LogP contribution is 2.48. The van der Waals surface area contributed by atoms with E-state index in [1.165, 1.54) is 27.4 Å². The molecule has 1 atom stereocenters. The lowest BCUT2D eigenvalue weighted by atomic mass is 9.74. The second-order valence-corrected chi connectivity index (χ2v) is 9.96. The number of halogens is 1. The first-order valence-corrected chi connectivity index (χ1v) is 11.9. The Bertz CT molecular complexity index is 1410. The van der Waals surface area contributed by atoms with Crippen LogP contribution in [0.3, 0.4) is 0 Å². The average Bonchev–Trinajstić information content (AvgIpc) is 3.18. The minimum Gasteiger partial charge on any atom is -0.375 e. The van der Waals surface area contributed by atoms with Crippen LogP contribution in [0.1, 0.15) is 33.6 Å². The van der Waals surface area contributed by atoms with E-state index in [1.807, 2.05) is 0 Å². The normalized spacial score (nSPS) is 22.2. The number of hydrogen-bond acceptors (Lipinski definition) is 5. The summed E-state index contributed by atoms with van der Waals surface area (Å²) in [6, 6.07) is -0.976. The molecule has 0 bridgehead atoms. The SMILES string of the molecule is [2H]c1c([2H])c([2H])c(C([2H])([2H])OC[C@@H](N)C(=O)N2CCC3(CC2)CN(S(C)(=O)=O)c2ccc(F)cc23)c([2H])c1[2H]. The summed E-state index contributed by atoms with van der Waals surface area (Å²) in [5.74, 6) is -1.05. The first kappa shape index (κ1) is 15.4. The second kappa shape index (κ2) is 8.80. The summed E-state index contributed by atoms with van der Waals surface area (Å²) in [4.78, 5) is 14.5. The van der Waals surface area contributed by atoms with Gasteiger partial charge in [0.1, 0.15) is 11.9 Å². The zero-order chi connectivity index (χ0) is 29.1. The van der Waals surface area contributed by atoms with Crippen LogP contribution in [0.2, 0.25) is 0 Å². The molecule has 4 rings (SSSR count). The molecular weight excluding hydrogens is 433 g/mol. The maximum atomic E-state index is 14.1. The summed E-state index contributed by atoms with van der Waals surface area (Å²) in [6.07, 6.45) is 1.77. The van der Waals surface area contributed by atoms with Crippen molar-refractivity contribution >= 4 is 21.6 Å². The average molecular weight is 469 g/mol. The van der Waals surface area contributed by atoms with E-state index >= 15 is 0 Å². The number of rotatable bonds is 6. The highest BCUT2D eigenvalue weighted by Gasteiger charge is 2.48. The van der Waals surface area contributed by atoms with Crippen LogP contribution in [0.15, 0.2) is 48.4 Å². The third kappa shape index (κ3) is 4.51. The van der Waals surface area contributed by atoms with Gasteiger partial charge in [-0.25, -0.2) is 12.8 Å².